The van der Waals surface area contributed by atoms with Crippen LogP contribution in [-0.4, -0.2) is 18.0 Å². The van der Waals surface area contributed by atoms with Crippen LogP contribution in [0, 0.1) is 6.92 Å². The van der Waals surface area contributed by atoms with Crippen molar-refractivity contribution in [1.29, 1.82) is 0 Å². The minimum Gasteiger partial charge on any atom is -0.464 e. The van der Waals surface area contributed by atoms with E-state index >= 15 is 0 Å². The molecule has 5 nitrogen and oxygen atoms in total. The molecule has 0 spiro atoms. The summed E-state index contributed by atoms with van der Waals surface area (Å²) in [5, 5.41) is 3.64. The van der Waals surface area contributed by atoms with Crippen molar-refractivity contribution >= 4 is 28.5 Å². The molecule has 3 aromatic rings. The molecule has 0 aliphatic rings. The van der Waals surface area contributed by atoms with Crippen LogP contribution in [0.1, 0.15) is 30.5 Å². The van der Waals surface area contributed by atoms with E-state index < -0.39 is 12.1 Å². The van der Waals surface area contributed by atoms with Gasteiger partial charge in [-0.1, -0.05) is 31.2 Å². The van der Waals surface area contributed by atoms with Gasteiger partial charge in [-0.05, 0) is 49.6 Å². The maximum atomic E-state index is 12.2. The first kappa shape index (κ1) is 18.7. The number of anilines is 1. The fourth-order valence-electron chi connectivity index (χ4n) is 2.84. The van der Waals surface area contributed by atoms with E-state index in [0.29, 0.717) is 5.69 Å². The van der Waals surface area contributed by atoms with Crippen LogP contribution in [0.25, 0.3) is 11.0 Å². The van der Waals surface area contributed by atoms with Gasteiger partial charge in [-0.15, -0.1) is 0 Å². The number of ether oxygens (including phenoxy) is 1. The molecule has 1 atom stereocenters. The van der Waals surface area contributed by atoms with E-state index in [0.717, 1.165) is 28.5 Å². The second-order valence-corrected chi connectivity index (χ2v) is 6.61. The highest BCUT2D eigenvalue weighted by molar-refractivity contribution is 5.95. The van der Waals surface area contributed by atoms with Crippen molar-refractivity contribution in [3.05, 3.63) is 65.4 Å². The standard InChI is InChI=1S/C22H23NO4/c1-4-16-6-8-18(9-7-16)23-22(25)15(3)27-21(24)12-17-13-26-20-11-14(2)5-10-19(17)20/h5-11,13,15H,4,12H2,1-3H3,(H,23,25)/t15-/m1/s1. The number of hydrogen-bond donors (Lipinski definition) is 1. The topological polar surface area (TPSA) is 68.5 Å². The van der Waals surface area contributed by atoms with Crippen LogP contribution in [0.2, 0.25) is 0 Å². The summed E-state index contributed by atoms with van der Waals surface area (Å²) in [6, 6.07) is 13.4. The van der Waals surface area contributed by atoms with Crippen LogP contribution in [0.15, 0.2) is 53.1 Å². The number of hydrogen-bond acceptors (Lipinski definition) is 4. The summed E-state index contributed by atoms with van der Waals surface area (Å²) < 4.78 is 10.8. The van der Waals surface area contributed by atoms with Crippen molar-refractivity contribution in [2.45, 2.75) is 39.7 Å². The van der Waals surface area contributed by atoms with Gasteiger partial charge in [-0.25, -0.2) is 0 Å². The summed E-state index contributed by atoms with van der Waals surface area (Å²) >= 11 is 0. The lowest BCUT2D eigenvalue weighted by Gasteiger charge is -2.13. The molecule has 0 aliphatic heterocycles. The zero-order valence-electron chi connectivity index (χ0n) is 15.7. The first-order chi connectivity index (χ1) is 13.0. The zero-order valence-corrected chi connectivity index (χ0v) is 15.7. The van der Waals surface area contributed by atoms with E-state index in [4.69, 9.17) is 9.15 Å². The van der Waals surface area contributed by atoms with Crippen LogP contribution in [0.5, 0.6) is 0 Å². The SMILES string of the molecule is CCc1ccc(NC(=O)[C@@H](C)OC(=O)Cc2coc3cc(C)ccc23)cc1. The molecule has 27 heavy (non-hydrogen) atoms. The van der Waals surface area contributed by atoms with Gasteiger partial charge in [0.2, 0.25) is 0 Å². The average molecular weight is 365 g/mol. The Bertz CT molecular complexity index is 956. The van der Waals surface area contributed by atoms with Crippen molar-refractivity contribution in [3.63, 3.8) is 0 Å². The molecule has 1 aromatic heterocycles. The number of fused-ring (bicyclic) bond motifs is 1. The highest BCUT2D eigenvalue weighted by atomic mass is 16.5. The molecule has 1 amide bonds. The number of furan rings is 1. The molecule has 2 aromatic carbocycles. The predicted octanol–water partition coefficient (Wildman–Crippen LogP) is 4.42. The molecule has 0 aliphatic carbocycles. The van der Waals surface area contributed by atoms with E-state index in [-0.39, 0.29) is 12.3 Å². The fraction of sp³-hybridized carbons (Fsp3) is 0.273. The molecular formula is C22H23NO4. The molecule has 1 N–H and O–H groups in total. The van der Waals surface area contributed by atoms with Gasteiger partial charge in [0.25, 0.3) is 5.91 Å². The number of esters is 1. The summed E-state index contributed by atoms with van der Waals surface area (Å²) in [7, 11) is 0. The number of rotatable bonds is 6. The molecule has 5 heteroatoms. The van der Waals surface area contributed by atoms with Crippen molar-refractivity contribution < 1.29 is 18.7 Å². The third-order valence-corrected chi connectivity index (χ3v) is 4.45. The predicted molar refractivity (Wildman–Crippen MR) is 105 cm³/mol. The molecule has 3 rings (SSSR count). The van der Waals surface area contributed by atoms with Gasteiger partial charge in [0.05, 0.1) is 12.7 Å². The largest absolute Gasteiger partial charge is 0.464 e. The summed E-state index contributed by atoms with van der Waals surface area (Å²) in [4.78, 5) is 24.5. The molecule has 0 saturated heterocycles. The summed E-state index contributed by atoms with van der Waals surface area (Å²) in [5.74, 6) is -0.831. The third-order valence-electron chi connectivity index (χ3n) is 4.45. The van der Waals surface area contributed by atoms with Crippen molar-refractivity contribution in [1.82, 2.24) is 0 Å². The summed E-state index contributed by atoms with van der Waals surface area (Å²) in [6.07, 6.45) is 1.66. The molecule has 0 saturated carbocycles. The molecule has 1 heterocycles. The van der Waals surface area contributed by atoms with E-state index in [1.54, 1.807) is 13.2 Å². The van der Waals surface area contributed by atoms with Gasteiger partial charge in [0.1, 0.15) is 5.58 Å². The zero-order chi connectivity index (χ0) is 19.4. The quantitative estimate of drug-likeness (QED) is 0.657. The Morgan fingerprint density at radius 2 is 1.89 bits per heavy atom. The Balaban J connectivity index is 1.58. The molecule has 0 radical (unpaired) electrons. The number of carbonyl (C=O) groups is 2. The number of nitrogens with one attached hydrogen (secondary N) is 1. The van der Waals surface area contributed by atoms with E-state index in [2.05, 4.69) is 12.2 Å². The van der Waals surface area contributed by atoms with Crippen LogP contribution in [0.3, 0.4) is 0 Å². The number of benzene rings is 2. The van der Waals surface area contributed by atoms with E-state index in [9.17, 15) is 9.59 Å². The monoisotopic (exact) mass is 365 g/mol. The Kier molecular flexibility index (Phi) is 5.60. The molecule has 140 valence electrons. The Morgan fingerprint density at radius 1 is 1.15 bits per heavy atom. The van der Waals surface area contributed by atoms with Gasteiger partial charge in [0.15, 0.2) is 6.10 Å². The number of amides is 1. The van der Waals surface area contributed by atoms with Gasteiger partial charge < -0.3 is 14.5 Å². The van der Waals surface area contributed by atoms with E-state index in [1.165, 1.54) is 5.56 Å². The van der Waals surface area contributed by atoms with Crippen LogP contribution >= 0.6 is 0 Å². The normalized spacial score (nSPS) is 12.0. The van der Waals surface area contributed by atoms with Gasteiger partial charge in [-0.3, -0.25) is 9.59 Å². The lowest BCUT2D eigenvalue weighted by atomic mass is 10.1. The number of carbonyl (C=O) groups excluding carboxylic acids is 2. The van der Waals surface area contributed by atoms with Crippen LogP contribution in [0.4, 0.5) is 5.69 Å². The summed E-state index contributed by atoms with van der Waals surface area (Å²) in [6.45, 7) is 5.61. The second kappa shape index (κ2) is 8.08. The Morgan fingerprint density at radius 3 is 2.59 bits per heavy atom. The molecule has 0 unspecified atom stereocenters. The second-order valence-electron chi connectivity index (χ2n) is 6.61. The Labute approximate surface area is 158 Å². The molecular weight excluding hydrogens is 342 g/mol. The summed E-state index contributed by atoms with van der Waals surface area (Å²) in [5.41, 5.74) is 4.44. The Hall–Kier alpha value is -3.08. The van der Waals surface area contributed by atoms with Crippen LogP contribution in [-0.2, 0) is 27.2 Å². The highest BCUT2D eigenvalue weighted by Gasteiger charge is 2.19. The fourth-order valence-corrected chi connectivity index (χ4v) is 2.84. The first-order valence-corrected chi connectivity index (χ1v) is 9.02. The number of aryl methyl sites for hydroxylation is 2. The molecule has 0 bridgehead atoms. The van der Waals surface area contributed by atoms with Crippen LogP contribution < -0.4 is 5.32 Å². The first-order valence-electron chi connectivity index (χ1n) is 9.02. The third kappa shape index (κ3) is 4.56. The minimum atomic E-state index is -0.885. The minimum absolute atomic E-state index is 0.0544. The average Bonchev–Trinajstić information content (AvgIpc) is 3.03. The molecule has 0 fully saturated rings. The smallest absolute Gasteiger partial charge is 0.311 e. The van der Waals surface area contributed by atoms with Crippen molar-refractivity contribution in [3.8, 4) is 0 Å². The van der Waals surface area contributed by atoms with E-state index in [1.807, 2.05) is 49.4 Å². The lowest BCUT2D eigenvalue weighted by molar-refractivity contribution is -0.152. The van der Waals surface area contributed by atoms with Gasteiger partial charge in [0, 0.05) is 16.6 Å². The maximum absolute atomic E-state index is 12.2. The van der Waals surface area contributed by atoms with Crippen molar-refractivity contribution in [2.24, 2.45) is 0 Å². The van der Waals surface area contributed by atoms with Gasteiger partial charge in [-0.2, -0.15) is 0 Å². The highest BCUT2D eigenvalue weighted by Crippen LogP contribution is 2.23. The van der Waals surface area contributed by atoms with Crippen molar-refractivity contribution in [2.75, 3.05) is 5.32 Å². The lowest BCUT2D eigenvalue weighted by Crippen LogP contribution is -2.30. The maximum Gasteiger partial charge on any atom is 0.311 e. The van der Waals surface area contributed by atoms with Gasteiger partial charge >= 0.3 is 5.97 Å².